The maximum Gasteiger partial charge on any atom is 0.414 e. The van der Waals surface area contributed by atoms with Crippen LogP contribution >= 0.6 is 11.6 Å². The highest BCUT2D eigenvalue weighted by atomic mass is 35.5. The van der Waals surface area contributed by atoms with E-state index in [9.17, 15) is 33.6 Å². The van der Waals surface area contributed by atoms with E-state index in [4.69, 9.17) is 26.8 Å². The van der Waals surface area contributed by atoms with Crippen LogP contribution < -0.4 is 36.6 Å². The van der Waals surface area contributed by atoms with Crippen molar-refractivity contribution in [1.82, 2.24) is 20.9 Å². The van der Waals surface area contributed by atoms with Crippen molar-refractivity contribution in [3.05, 3.63) is 77.9 Å². The summed E-state index contributed by atoms with van der Waals surface area (Å²) in [5.74, 6) is -1.59. The number of nitrogens with one attached hydrogen (secondary N) is 4. The van der Waals surface area contributed by atoms with E-state index in [-0.39, 0.29) is 62.1 Å². The highest BCUT2D eigenvalue weighted by molar-refractivity contribution is 6.19. The van der Waals surface area contributed by atoms with Crippen LogP contribution in [0.2, 0.25) is 0 Å². The molecule has 5 rings (SSSR count). The average Bonchev–Trinajstić information content (AvgIpc) is 3.77. The zero-order valence-corrected chi connectivity index (χ0v) is 37.2. The van der Waals surface area contributed by atoms with Gasteiger partial charge in [0.25, 0.3) is 11.8 Å². The summed E-state index contributed by atoms with van der Waals surface area (Å²) in [7, 11) is 0. The van der Waals surface area contributed by atoms with Crippen LogP contribution in [-0.2, 0) is 35.3 Å². The van der Waals surface area contributed by atoms with Crippen molar-refractivity contribution >= 4 is 75.4 Å². The zero-order valence-electron chi connectivity index (χ0n) is 36.5. The number of unbranched alkanes of at least 4 members (excludes halogenated alkanes) is 2. The first-order chi connectivity index (χ1) is 29.9. The molecule has 2 heterocycles. The van der Waals surface area contributed by atoms with Gasteiger partial charge < -0.3 is 36.5 Å². The number of benzene rings is 3. The van der Waals surface area contributed by atoms with Gasteiger partial charge in [0.15, 0.2) is 0 Å². The molecule has 0 saturated heterocycles. The number of nitrogens with two attached hydrogens (primary N) is 1. The second kappa shape index (κ2) is 21.8. The van der Waals surface area contributed by atoms with Crippen molar-refractivity contribution < 1.29 is 43.0 Å². The summed E-state index contributed by atoms with van der Waals surface area (Å²) in [5.41, 5.74) is 7.45. The monoisotopic (exact) mass is 887 g/mol. The first-order valence-electron chi connectivity index (χ1n) is 21.3. The molecule has 0 fully saturated rings. The number of primary amides is 1. The number of rotatable bonds is 20. The van der Waals surface area contributed by atoms with Crippen molar-refractivity contribution in [3.63, 3.8) is 0 Å². The third-order valence-corrected chi connectivity index (χ3v) is 11.0. The standard InChI is InChI=1S/C46H58ClN7O9/c1-28(2)41(52-37(55)15-7-6-10-23-53-38(56)20-21-39(53)57)43(59)51-34(14-11-22-49-44(48)60)42(58)50-31-18-16-29(17-19-31)27-62-36-24-35-40(33-13-9-8-12-32(33)36)30(25-47)26-54(35)45(61)63-46(3,4)5/h8-9,12-13,16-21,24,28,30,34,41H,6-7,10-11,14-15,22-23,25-27H2,1-5H3,(H,50,58)(H,51,59)(H,52,55)(H3,48,49,60)/t30-,34?,41?/m1/s1. The molecule has 16 nitrogen and oxygen atoms in total. The fraction of sp³-hybridized carbons (Fsp3) is 0.457. The minimum absolute atomic E-state index is 0.0895. The van der Waals surface area contributed by atoms with Crippen molar-refractivity contribution in [1.29, 1.82) is 0 Å². The van der Waals surface area contributed by atoms with Crippen LogP contribution in [0.1, 0.15) is 90.2 Å². The Morgan fingerprint density at radius 3 is 2.21 bits per heavy atom. The van der Waals surface area contributed by atoms with Crippen molar-refractivity contribution in [2.24, 2.45) is 11.7 Å². The molecular formula is C46H58ClN7O9. The molecule has 8 amide bonds. The quantitative estimate of drug-likeness (QED) is 0.0510. The Bertz CT molecular complexity index is 2190. The molecule has 6 N–H and O–H groups in total. The molecule has 0 radical (unpaired) electrons. The molecule has 2 aliphatic heterocycles. The van der Waals surface area contributed by atoms with Crippen LogP contribution in [0.25, 0.3) is 10.8 Å². The van der Waals surface area contributed by atoms with Gasteiger partial charge in [-0.2, -0.15) is 0 Å². The van der Waals surface area contributed by atoms with Gasteiger partial charge in [0, 0.05) is 67.1 Å². The minimum atomic E-state index is -1.02. The van der Waals surface area contributed by atoms with Crippen LogP contribution in [0.15, 0.2) is 66.7 Å². The van der Waals surface area contributed by atoms with Crippen molar-refractivity contribution in [3.8, 4) is 5.75 Å². The maximum absolute atomic E-state index is 13.7. The number of nitrogens with zero attached hydrogens (tertiary/aromatic N) is 2. The number of urea groups is 1. The fourth-order valence-electron chi connectivity index (χ4n) is 7.44. The van der Waals surface area contributed by atoms with Gasteiger partial charge in [-0.1, -0.05) is 56.7 Å². The number of carbonyl (C=O) groups is 7. The summed E-state index contributed by atoms with van der Waals surface area (Å²) >= 11 is 6.42. The summed E-state index contributed by atoms with van der Waals surface area (Å²) in [4.78, 5) is 91.1. The molecule has 0 saturated carbocycles. The van der Waals surface area contributed by atoms with Crippen molar-refractivity contribution in [2.75, 3.05) is 35.7 Å². The lowest BCUT2D eigenvalue weighted by atomic mass is 9.95. The Balaban J connectivity index is 1.21. The molecule has 3 atom stereocenters. The highest BCUT2D eigenvalue weighted by Crippen LogP contribution is 2.46. The van der Waals surface area contributed by atoms with Crippen LogP contribution in [-0.4, -0.2) is 89.8 Å². The number of halogens is 1. The molecule has 2 unspecified atom stereocenters. The second-order valence-electron chi connectivity index (χ2n) is 17.0. The normalized spacial score (nSPS) is 15.6. The van der Waals surface area contributed by atoms with Gasteiger partial charge in [-0.3, -0.25) is 33.8 Å². The topological polar surface area (TPSA) is 219 Å². The van der Waals surface area contributed by atoms with Crippen LogP contribution in [0.3, 0.4) is 0 Å². The zero-order chi connectivity index (χ0) is 45.8. The molecule has 0 bridgehead atoms. The predicted molar refractivity (Wildman–Crippen MR) is 240 cm³/mol. The molecule has 17 heteroatoms. The lowest BCUT2D eigenvalue weighted by Crippen LogP contribution is -2.54. The van der Waals surface area contributed by atoms with Gasteiger partial charge in [0.2, 0.25) is 17.7 Å². The molecule has 0 aromatic heterocycles. The smallest absolute Gasteiger partial charge is 0.414 e. The first kappa shape index (κ1) is 47.9. The van der Waals surface area contributed by atoms with Gasteiger partial charge in [0.1, 0.15) is 30.0 Å². The maximum atomic E-state index is 13.7. The van der Waals surface area contributed by atoms with Gasteiger partial charge in [-0.05, 0) is 81.0 Å². The van der Waals surface area contributed by atoms with Crippen LogP contribution in [0.5, 0.6) is 5.75 Å². The van der Waals surface area contributed by atoms with E-state index in [1.54, 1.807) is 43.0 Å². The molecule has 63 heavy (non-hydrogen) atoms. The van der Waals surface area contributed by atoms with E-state index in [0.29, 0.717) is 55.2 Å². The SMILES string of the molecule is CC(C)C(NC(=O)CCCCCN1C(=O)C=CC1=O)C(=O)NC(CCCNC(N)=O)C(=O)Nc1ccc(COc2cc3c(c4ccccc24)[C@H](CCl)CN3C(=O)OC(C)(C)C)cc1. The number of imide groups is 1. The minimum Gasteiger partial charge on any atom is -0.488 e. The number of hydrogen-bond acceptors (Lipinski definition) is 9. The summed E-state index contributed by atoms with van der Waals surface area (Å²) < 4.78 is 12.1. The Kier molecular flexibility index (Phi) is 16.5. The lowest BCUT2D eigenvalue weighted by molar-refractivity contribution is -0.137. The molecular weight excluding hydrogens is 830 g/mol. The summed E-state index contributed by atoms with van der Waals surface area (Å²) in [6.45, 7) is 10.0. The Morgan fingerprint density at radius 1 is 0.889 bits per heavy atom. The largest absolute Gasteiger partial charge is 0.488 e. The molecule has 2 aliphatic rings. The summed E-state index contributed by atoms with van der Waals surface area (Å²) in [6.07, 6.45) is 4.23. The first-order valence-corrected chi connectivity index (χ1v) is 21.8. The molecule has 0 spiro atoms. The molecule has 3 aromatic rings. The second-order valence-corrected chi connectivity index (χ2v) is 17.3. The third-order valence-electron chi connectivity index (χ3n) is 10.6. The van der Waals surface area contributed by atoms with Crippen LogP contribution in [0, 0.1) is 5.92 Å². The number of anilines is 2. The third kappa shape index (κ3) is 13.2. The van der Waals surface area contributed by atoms with E-state index in [1.165, 1.54) is 12.2 Å². The number of carbonyl (C=O) groups excluding carboxylic acids is 7. The Morgan fingerprint density at radius 2 is 1.57 bits per heavy atom. The van der Waals surface area contributed by atoms with Gasteiger partial charge >= 0.3 is 12.1 Å². The molecule has 0 aliphatic carbocycles. The van der Waals surface area contributed by atoms with Crippen LogP contribution in [0.4, 0.5) is 21.0 Å². The summed E-state index contributed by atoms with van der Waals surface area (Å²) in [6, 6.07) is 14.1. The summed E-state index contributed by atoms with van der Waals surface area (Å²) in [5, 5.41) is 12.7. The van der Waals surface area contributed by atoms with Crippen molar-refractivity contribution in [2.45, 2.75) is 103 Å². The van der Waals surface area contributed by atoms with E-state index in [2.05, 4.69) is 21.3 Å². The lowest BCUT2D eigenvalue weighted by Gasteiger charge is -2.25. The Hall–Kier alpha value is -6.16. The fourth-order valence-corrected chi connectivity index (χ4v) is 7.69. The number of fused-ring (bicyclic) bond motifs is 3. The van der Waals surface area contributed by atoms with E-state index in [0.717, 1.165) is 26.8 Å². The van der Waals surface area contributed by atoms with Gasteiger partial charge in [-0.25, -0.2) is 9.59 Å². The average molecular weight is 888 g/mol. The number of hydrogen-bond donors (Lipinski definition) is 5. The number of alkyl halides is 1. The molecule has 338 valence electrons. The Labute approximate surface area is 372 Å². The predicted octanol–water partition coefficient (Wildman–Crippen LogP) is 5.99. The van der Waals surface area contributed by atoms with Gasteiger partial charge in [0.05, 0.1) is 5.69 Å². The van der Waals surface area contributed by atoms with Gasteiger partial charge in [-0.15, -0.1) is 11.6 Å². The number of ether oxygens (including phenoxy) is 2. The van der Waals surface area contributed by atoms with E-state index < -0.39 is 41.6 Å². The van der Waals surface area contributed by atoms with E-state index in [1.807, 2.05) is 51.1 Å². The highest BCUT2D eigenvalue weighted by Gasteiger charge is 2.37. The van der Waals surface area contributed by atoms with E-state index >= 15 is 0 Å². The molecule has 3 aromatic carbocycles. The number of amides is 8.